The van der Waals surface area contributed by atoms with Gasteiger partial charge in [-0.2, -0.15) is 0 Å². The number of carbonyl (C=O) groups excluding carboxylic acids is 4. The van der Waals surface area contributed by atoms with Crippen LogP contribution in [-0.2, 0) is 34.3 Å². The van der Waals surface area contributed by atoms with Crippen molar-refractivity contribution in [3.63, 3.8) is 0 Å². The van der Waals surface area contributed by atoms with Crippen LogP contribution < -0.4 is 30.4 Å². The maximum atomic E-state index is 13.0. The molecule has 4 N–H and O–H groups in total. The highest BCUT2D eigenvalue weighted by atomic mass is 32.2. The molecule has 7 aromatic rings. The second-order valence-electron chi connectivity index (χ2n) is 15.5. The van der Waals surface area contributed by atoms with E-state index in [4.69, 9.17) is 0 Å². The van der Waals surface area contributed by atoms with Crippen LogP contribution in [0.4, 0.5) is 22.7 Å². The molecule has 0 saturated carbocycles. The molecule has 0 saturated heterocycles. The predicted molar refractivity (Wildman–Crippen MR) is 254 cm³/mol. The second kappa shape index (κ2) is 22.5. The summed E-state index contributed by atoms with van der Waals surface area (Å²) < 4.78 is 66.0. The zero-order valence-electron chi connectivity index (χ0n) is 37.8. The van der Waals surface area contributed by atoms with Gasteiger partial charge < -0.3 is 30.4 Å². The Labute approximate surface area is 394 Å². The first kappa shape index (κ1) is 51.1. The van der Waals surface area contributed by atoms with E-state index in [1.165, 1.54) is 24.3 Å². The number of amides is 4. The van der Waals surface area contributed by atoms with Crippen LogP contribution in [0.3, 0.4) is 0 Å². The highest BCUT2D eigenvalue weighted by Crippen LogP contribution is 2.21. The molecule has 0 unspecified atom stereocenters. The lowest BCUT2D eigenvalue weighted by molar-refractivity contribution is -0.670. The molecule has 68 heavy (non-hydrogen) atoms. The van der Waals surface area contributed by atoms with Crippen LogP contribution in [0.15, 0.2) is 168 Å². The highest BCUT2D eigenvalue weighted by molar-refractivity contribution is 7.86. The van der Waals surface area contributed by atoms with Crippen LogP contribution in [0.2, 0.25) is 0 Å². The summed E-state index contributed by atoms with van der Waals surface area (Å²) in [4.78, 5) is 51.0. The molecule has 0 aliphatic rings. The van der Waals surface area contributed by atoms with Gasteiger partial charge in [0.2, 0.25) is 0 Å². The normalized spacial score (nSPS) is 10.8. The van der Waals surface area contributed by atoms with Crippen molar-refractivity contribution in [2.45, 2.75) is 37.5 Å². The Morgan fingerprint density at radius 1 is 0.426 bits per heavy atom. The molecule has 0 atom stereocenters. The Morgan fingerprint density at radius 3 is 1.03 bits per heavy atom. The SMILES string of the molecule is Cc1cc(C(=O)Nc2ccc[n+](C)c2)ccc1NC(=O)c1ccc(C(=O)Nc2ccc(C(=O)Nc3ccc[n+](C)c3)cc2C)cc1.Cc1ccc(S(=O)(=O)[O-])cc1.Cc1ccc(S(=O)(=O)[O-])cc1. The van der Waals surface area contributed by atoms with Gasteiger partial charge >= 0.3 is 0 Å². The molecule has 0 spiro atoms. The van der Waals surface area contributed by atoms with Gasteiger partial charge in [0, 0.05) is 45.8 Å². The van der Waals surface area contributed by atoms with Crippen molar-refractivity contribution >= 4 is 66.6 Å². The molecule has 0 fully saturated rings. The smallest absolute Gasteiger partial charge is 0.255 e. The molecule has 16 nitrogen and oxygen atoms in total. The quantitative estimate of drug-likeness (QED) is 0.0830. The first-order valence-electron chi connectivity index (χ1n) is 20.6. The number of rotatable bonds is 10. The summed E-state index contributed by atoms with van der Waals surface area (Å²) in [5.41, 5.74) is 7.46. The van der Waals surface area contributed by atoms with E-state index < -0.39 is 20.2 Å². The summed E-state index contributed by atoms with van der Waals surface area (Å²) in [7, 11) is -4.79. The van der Waals surface area contributed by atoms with Gasteiger partial charge in [-0.3, -0.25) is 19.2 Å². The molecule has 0 radical (unpaired) electrons. The summed E-state index contributed by atoms with van der Waals surface area (Å²) in [6.45, 7) is 7.27. The lowest BCUT2D eigenvalue weighted by Gasteiger charge is -2.12. The van der Waals surface area contributed by atoms with E-state index in [1.807, 2.05) is 100.0 Å². The number of aryl methyl sites for hydroxylation is 6. The maximum absolute atomic E-state index is 13.0. The van der Waals surface area contributed by atoms with Crippen LogP contribution >= 0.6 is 0 Å². The Balaban J connectivity index is 0.000000319. The van der Waals surface area contributed by atoms with Gasteiger partial charge in [0.05, 0.1) is 9.79 Å². The number of aromatic nitrogens is 2. The number of nitrogens with zero attached hydrogens (tertiary/aromatic N) is 2. The fraction of sp³-hybridized carbons (Fsp3) is 0.120. The van der Waals surface area contributed by atoms with Crippen LogP contribution in [-0.4, -0.2) is 49.6 Å². The molecule has 5 aromatic carbocycles. The first-order chi connectivity index (χ1) is 32.0. The summed E-state index contributed by atoms with van der Waals surface area (Å²) in [5.74, 6) is -1.21. The van der Waals surface area contributed by atoms with Gasteiger partial charge in [-0.05, 0) is 136 Å². The van der Waals surface area contributed by atoms with Gasteiger partial charge in [-0.25, -0.2) is 26.0 Å². The third-order valence-electron chi connectivity index (χ3n) is 9.90. The summed E-state index contributed by atoms with van der Waals surface area (Å²) in [5, 5.41) is 11.5. The van der Waals surface area contributed by atoms with E-state index in [1.54, 1.807) is 84.9 Å². The number of anilines is 4. The van der Waals surface area contributed by atoms with E-state index in [0.29, 0.717) is 45.0 Å². The number of nitrogens with one attached hydrogen (secondary N) is 4. The van der Waals surface area contributed by atoms with E-state index in [2.05, 4.69) is 21.3 Å². The largest absolute Gasteiger partial charge is 0.744 e. The van der Waals surface area contributed by atoms with E-state index in [-0.39, 0.29) is 33.4 Å². The molecule has 7 rings (SSSR count). The van der Waals surface area contributed by atoms with Gasteiger partial charge in [-0.15, -0.1) is 0 Å². The summed E-state index contributed by atoms with van der Waals surface area (Å²) in [6, 6.07) is 35.3. The van der Waals surface area contributed by atoms with Gasteiger partial charge in [-0.1, -0.05) is 35.4 Å². The molecule has 350 valence electrons. The number of hydrogen-bond acceptors (Lipinski definition) is 10. The average molecular weight is 957 g/mol. The van der Waals surface area contributed by atoms with Crippen molar-refractivity contribution < 1.29 is 54.3 Å². The van der Waals surface area contributed by atoms with Gasteiger partial charge in [0.15, 0.2) is 24.8 Å². The molecule has 0 bridgehead atoms. The molecule has 2 heterocycles. The minimum atomic E-state index is -4.27. The molecular formula is C50H48N6O10S2. The minimum absolute atomic E-state index is 0.178. The Morgan fingerprint density at radius 2 is 0.735 bits per heavy atom. The number of carbonyl (C=O) groups is 4. The summed E-state index contributed by atoms with van der Waals surface area (Å²) >= 11 is 0. The van der Waals surface area contributed by atoms with Crippen molar-refractivity contribution in [1.29, 1.82) is 0 Å². The highest BCUT2D eigenvalue weighted by Gasteiger charge is 2.15. The molecule has 2 aromatic heterocycles. The third kappa shape index (κ3) is 15.1. The predicted octanol–water partition coefficient (Wildman–Crippen LogP) is 6.76. The van der Waals surface area contributed by atoms with Crippen molar-refractivity contribution in [3.05, 3.63) is 203 Å². The molecule has 0 aliphatic heterocycles. The van der Waals surface area contributed by atoms with Crippen molar-refractivity contribution in [3.8, 4) is 0 Å². The number of pyridine rings is 2. The van der Waals surface area contributed by atoms with Crippen molar-refractivity contribution in [2.24, 2.45) is 14.1 Å². The Kier molecular flexibility index (Phi) is 16.9. The summed E-state index contributed by atoms with van der Waals surface area (Å²) in [6.07, 6.45) is 7.36. The van der Waals surface area contributed by atoms with Crippen molar-refractivity contribution in [1.82, 2.24) is 0 Å². The first-order valence-corrected chi connectivity index (χ1v) is 23.4. The Bertz CT molecular complexity index is 2980. The third-order valence-corrected chi connectivity index (χ3v) is 11.6. The van der Waals surface area contributed by atoms with Crippen LogP contribution in [0.25, 0.3) is 0 Å². The fourth-order valence-corrected chi connectivity index (χ4v) is 7.13. The van der Waals surface area contributed by atoms with Crippen LogP contribution in [0.5, 0.6) is 0 Å². The average Bonchev–Trinajstić information content (AvgIpc) is 3.28. The zero-order chi connectivity index (χ0) is 49.8. The van der Waals surface area contributed by atoms with Gasteiger partial charge in [0.1, 0.15) is 45.7 Å². The van der Waals surface area contributed by atoms with Crippen LogP contribution in [0, 0.1) is 27.7 Å². The van der Waals surface area contributed by atoms with Gasteiger partial charge in [0.25, 0.3) is 23.6 Å². The molecule has 18 heteroatoms. The molecule has 4 amide bonds. The lowest BCUT2D eigenvalue weighted by Crippen LogP contribution is -2.27. The zero-order valence-corrected chi connectivity index (χ0v) is 39.4. The fourth-order valence-electron chi connectivity index (χ4n) is 6.19. The molecule has 0 aliphatic carbocycles. The lowest BCUT2D eigenvalue weighted by atomic mass is 10.1. The monoisotopic (exact) mass is 956 g/mol. The second-order valence-corrected chi connectivity index (χ2v) is 18.3. The van der Waals surface area contributed by atoms with Crippen molar-refractivity contribution in [2.75, 3.05) is 21.3 Å². The number of benzene rings is 5. The van der Waals surface area contributed by atoms with E-state index >= 15 is 0 Å². The number of hydrogen-bond donors (Lipinski definition) is 4. The Hall–Kier alpha value is -7.90. The topological polar surface area (TPSA) is 239 Å². The molecular weight excluding hydrogens is 909 g/mol. The van der Waals surface area contributed by atoms with E-state index in [0.717, 1.165) is 22.3 Å². The standard InChI is InChI=1S/C36H32N6O4.2C7H8O3S/c1-23-19-27(35(45)37-29-7-5-17-41(3)21-29)13-15-31(23)39-33(43)25-9-11-26(12-10-25)34(44)40-32-16-14-28(20-24(32)2)36(46)38-30-8-6-18-42(4)22-30;2*1-6-2-4-7(5-3-6)11(8,9)10/h5-22H,1-4H3,(H2-2,37,38,39,40,43,44,45,46);2*2-5H,1H3,(H,8,9,10). The van der Waals surface area contributed by atoms with Crippen LogP contribution in [0.1, 0.15) is 63.7 Å². The minimum Gasteiger partial charge on any atom is -0.744 e. The maximum Gasteiger partial charge on any atom is 0.255 e. The van der Waals surface area contributed by atoms with E-state index in [9.17, 15) is 45.1 Å².